The molecule has 8 heteroatoms. The van der Waals surface area contributed by atoms with Crippen LogP contribution in [0.5, 0.6) is 5.75 Å². The monoisotopic (exact) mass is 536 g/mol. The van der Waals surface area contributed by atoms with Gasteiger partial charge in [0.2, 0.25) is 0 Å². The summed E-state index contributed by atoms with van der Waals surface area (Å²) in [5.74, 6) is 1.68. The quantitative estimate of drug-likeness (QED) is 0.293. The van der Waals surface area contributed by atoms with E-state index in [1.54, 1.807) is 18.9 Å². The number of aliphatic hydroxyl groups excluding tert-OH is 1. The van der Waals surface area contributed by atoms with Gasteiger partial charge >= 0.3 is 6.03 Å². The molecule has 3 N–H and O–H groups in total. The van der Waals surface area contributed by atoms with Gasteiger partial charge in [0.15, 0.2) is 6.29 Å². The molecule has 7 nitrogen and oxygen atoms in total. The highest BCUT2D eigenvalue weighted by molar-refractivity contribution is 7.99. The number of hydrogen-bond acceptors (Lipinski definition) is 6. The number of urea groups is 1. The summed E-state index contributed by atoms with van der Waals surface area (Å²) in [5.41, 5.74) is 3.83. The Morgan fingerprint density at radius 2 is 1.63 bits per heavy atom. The van der Waals surface area contributed by atoms with Gasteiger partial charge in [-0.2, -0.15) is 0 Å². The van der Waals surface area contributed by atoms with Crippen LogP contribution in [0.3, 0.4) is 0 Å². The van der Waals surface area contributed by atoms with Crippen LogP contribution in [0.25, 0.3) is 0 Å². The fourth-order valence-corrected chi connectivity index (χ4v) is 5.61. The van der Waals surface area contributed by atoms with Gasteiger partial charge in [-0.15, -0.1) is 11.8 Å². The van der Waals surface area contributed by atoms with Crippen molar-refractivity contribution in [3.05, 3.63) is 95.1 Å². The van der Waals surface area contributed by atoms with E-state index < -0.39 is 6.29 Å². The number of nitrogens with one attached hydrogen (secondary N) is 2. The van der Waals surface area contributed by atoms with Crippen molar-refractivity contribution in [2.24, 2.45) is 5.92 Å². The van der Waals surface area contributed by atoms with Gasteiger partial charge in [-0.3, -0.25) is 0 Å². The average Bonchev–Trinajstić information content (AvgIpc) is 2.96. The summed E-state index contributed by atoms with van der Waals surface area (Å²) in [7, 11) is 1.68. The molecule has 0 saturated carbocycles. The Bertz CT molecular complexity index is 1170. The lowest BCUT2D eigenvalue weighted by Crippen LogP contribution is -2.38. The third-order valence-electron chi connectivity index (χ3n) is 6.64. The van der Waals surface area contributed by atoms with Crippen molar-refractivity contribution in [2.75, 3.05) is 19.4 Å². The van der Waals surface area contributed by atoms with E-state index in [9.17, 15) is 9.90 Å². The summed E-state index contributed by atoms with van der Waals surface area (Å²) in [5, 5.41) is 15.1. The molecule has 0 radical (unpaired) electrons. The summed E-state index contributed by atoms with van der Waals surface area (Å²) in [6.45, 7) is 5.07. The van der Waals surface area contributed by atoms with Crippen LogP contribution in [0.2, 0.25) is 0 Å². The largest absolute Gasteiger partial charge is 0.496 e. The topological polar surface area (TPSA) is 89.1 Å². The van der Waals surface area contributed by atoms with Gasteiger partial charge in [-0.05, 0) is 35.7 Å². The summed E-state index contributed by atoms with van der Waals surface area (Å²) in [4.78, 5) is 12.8. The van der Waals surface area contributed by atoms with Crippen LogP contribution in [0.15, 0.2) is 77.7 Å². The number of amides is 2. The Morgan fingerprint density at radius 1 is 0.947 bits per heavy atom. The molecular formula is C30H36N2O5S. The van der Waals surface area contributed by atoms with E-state index in [4.69, 9.17) is 14.2 Å². The minimum absolute atomic E-state index is 0.00652. The fraction of sp³-hybridized carbons (Fsp3) is 0.367. The van der Waals surface area contributed by atoms with Crippen molar-refractivity contribution >= 4 is 17.8 Å². The third-order valence-corrected chi connectivity index (χ3v) is 7.78. The van der Waals surface area contributed by atoms with Crippen LogP contribution in [0, 0.1) is 5.92 Å². The number of ether oxygens (including phenoxy) is 3. The Morgan fingerprint density at radius 3 is 2.32 bits per heavy atom. The first-order chi connectivity index (χ1) is 18.5. The minimum atomic E-state index is -0.539. The first kappa shape index (κ1) is 28.0. The molecule has 1 aliphatic heterocycles. The van der Waals surface area contributed by atoms with Crippen LogP contribution < -0.4 is 15.4 Å². The Hall–Kier alpha value is -3.04. The van der Waals surface area contributed by atoms with Gasteiger partial charge in [-0.1, -0.05) is 67.6 Å². The van der Waals surface area contributed by atoms with Gasteiger partial charge in [-0.25, -0.2) is 4.79 Å². The summed E-state index contributed by atoms with van der Waals surface area (Å²) < 4.78 is 18.6. The van der Waals surface area contributed by atoms with Gasteiger partial charge in [0.25, 0.3) is 0 Å². The maximum Gasteiger partial charge on any atom is 0.315 e. The lowest BCUT2D eigenvalue weighted by atomic mass is 9.91. The van der Waals surface area contributed by atoms with E-state index in [1.807, 2.05) is 73.7 Å². The molecule has 38 heavy (non-hydrogen) atoms. The molecular weight excluding hydrogens is 500 g/mol. The Kier molecular flexibility index (Phi) is 10.1. The number of hydrogen-bond donors (Lipinski definition) is 3. The molecule has 0 bridgehead atoms. The molecule has 4 rings (SSSR count). The molecule has 4 atom stereocenters. The maximum atomic E-state index is 11.7. The Labute approximate surface area is 228 Å². The summed E-state index contributed by atoms with van der Waals surface area (Å²) in [6.07, 6.45) is -0.795. The first-order valence-corrected chi connectivity index (χ1v) is 13.9. The number of rotatable bonds is 10. The molecule has 0 aliphatic carbocycles. The van der Waals surface area contributed by atoms with Crippen molar-refractivity contribution < 1.29 is 24.1 Å². The van der Waals surface area contributed by atoms with Gasteiger partial charge in [0.1, 0.15) is 5.75 Å². The Balaban J connectivity index is 1.52. The minimum Gasteiger partial charge on any atom is -0.496 e. The predicted molar refractivity (Wildman–Crippen MR) is 149 cm³/mol. The normalized spacial score (nSPS) is 21.1. The van der Waals surface area contributed by atoms with Crippen molar-refractivity contribution in [3.8, 4) is 5.75 Å². The smallest absolute Gasteiger partial charge is 0.315 e. The molecule has 0 spiro atoms. The highest BCUT2D eigenvalue weighted by Gasteiger charge is 2.38. The second-order valence-electron chi connectivity index (χ2n) is 9.24. The third kappa shape index (κ3) is 7.08. The van der Waals surface area contributed by atoms with E-state index in [1.165, 1.54) is 0 Å². The molecule has 1 fully saturated rings. The lowest BCUT2D eigenvalue weighted by Gasteiger charge is -2.41. The molecule has 0 aromatic heterocycles. The zero-order valence-electron chi connectivity index (χ0n) is 22.1. The van der Waals surface area contributed by atoms with E-state index >= 15 is 0 Å². The van der Waals surface area contributed by atoms with E-state index in [-0.39, 0.29) is 30.8 Å². The molecule has 2 amide bonds. The molecule has 1 aliphatic rings. The van der Waals surface area contributed by atoms with Crippen LogP contribution in [0.4, 0.5) is 4.79 Å². The summed E-state index contributed by atoms with van der Waals surface area (Å²) in [6, 6.07) is 23.7. The number of thioether (sulfide) groups is 1. The second-order valence-corrected chi connectivity index (χ2v) is 10.3. The molecule has 3 aromatic rings. The van der Waals surface area contributed by atoms with Crippen molar-refractivity contribution in [1.82, 2.24) is 10.6 Å². The van der Waals surface area contributed by atoms with Crippen molar-refractivity contribution in [1.29, 1.82) is 0 Å². The molecule has 3 aromatic carbocycles. The van der Waals surface area contributed by atoms with E-state index in [2.05, 4.69) is 23.6 Å². The highest BCUT2D eigenvalue weighted by atomic mass is 32.2. The lowest BCUT2D eigenvalue weighted by molar-refractivity contribution is -0.268. The van der Waals surface area contributed by atoms with Crippen LogP contribution in [0.1, 0.15) is 48.5 Å². The first-order valence-electron chi connectivity index (χ1n) is 12.9. The number of aliphatic hydroxyl groups is 1. The number of para-hydroxylation sites is 1. The van der Waals surface area contributed by atoms with Crippen LogP contribution in [-0.2, 0) is 22.6 Å². The summed E-state index contributed by atoms with van der Waals surface area (Å²) >= 11 is 1.71. The van der Waals surface area contributed by atoms with Gasteiger partial charge in [0, 0.05) is 35.2 Å². The predicted octanol–water partition coefficient (Wildman–Crippen LogP) is 5.59. The van der Waals surface area contributed by atoms with Crippen molar-refractivity contribution in [3.63, 3.8) is 0 Å². The number of carbonyl (C=O) groups is 1. The zero-order valence-corrected chi connectivity index (χ0v) is 22.9. The number of benzene rings is 3. The van der Waals surface area contributed by atoms with Crippen LogP contribution >= 0.6 is 11.8 Å². The second kappa shape index (κ2) is 13.7. The SMILES string of the molecule is CCNC(=O)NCc1ccc([C@H]2O[C@@H](CSc3ccccc3OC)[C@@H](C)[C@@H](c3ccc(CO)cc3)O2)cc1. The van der Waals surface area contributed by atoms with Gasteiger partial charge < -0.3 is 30.0 Å². The molecule has 1 heterocycles. The van der Waals surface area contributed by atoms with Crippen LogP contribution in [-0.4, -0.2) is 36.6 Å². The van der Waals surface area contributed by atoms with Crippen molar-refractivity contribution in [2.45, 2.75) is 50.4 Å². The molecule has 0 unspecified atom stereocenters. The van der Waals surface area contributed by atoms with E-state index in [0.717, 1.165) is 38.7 Å². The number of methoxy groups -OCH3 is 1. The number of carbonyl (C=O) groups excluding carboxylic acids is 1. The van der Waals surface area contributed by atoms with Gasteiger partial charge in [0.05, 0.1) is 25.9 Å². The van der Waals surface area contributed by atoms with E-state index in [0.29, 0.717) is 13.1 Å². The highest BCUT2D eigenvalue weighted by Crippen LogP contribution is 2.43. The maximum absolute atomic E-state index is 11.7. The standard InChI is InChI=1S/C30H36N2O5S/c1-4-31-30(34)32-17-21-9-15-24(16-10-21)29-36-26(19-38-27-8-6-5-7-25(27)35-3)20(2)28(37-29)23-13-11-22(18-33)12-14-23/h5-16,20,26,28-29,33H,4,17-19H2,1-3H3,(H2,31,32,34)/t20-,26+,28+,29+/m1/s1. The molecule has 202 valence electrons. The fourth-order valence-electron chi connectivity index (χ4n) is 4.42. The molecule has 1 saturated heterocycles. The zero-order chi connectivity index (χ0) is 26.9. The average molecular weight is 537 g/mol.